The molecular formula is C19H23N3O2S2. The first-order valence-electron chi connectivity index (χ1n) is 8.52. The van der Waals surface area contributed by atoms with E-state index in [2.05, 4.69) is 24.0 Å². The van der Waals surface area contributed by atoms with Crippen molar-refractivity contribution in [1.82, 2.24) is 15.2 Å². The molecule has 3 rings (SSSR count). The third-order valence-electron chi connectivity index (χ3n) is 3.98. The van der Waals surface area contributed by atoms with Crippen LogP contribution in [0.1, 0.15) is 25.3 Å². The highest BCUT2D eigenvalue weighted by molar-refractivity contribution is 7.99. The summed E-state index contributed by atoms with van der Waals surface area (Å²) in [5.41, 5.74) is 2.73. The fraction of sp³-hybridized carbons (Fsp3) is 0.421. The van der Waals surface area contributed by atoms with Crippen molar-refractivity contribution < 1.29 is 9.47 Å². The molecule has 1 aromatic carbocycles. The van der Waals surface area contributed by atoms with E-state index < -0.39 is 0 Å². The van der Waals surface area contributed by atoms with Gasteiger partial charge in [0.25, 0.3) is 0 Å². The van der Waals surface area contributed by atoms with Gasteiger partial charge in [-0.3, -0.25) is 0 Å². The lowest BCUT2D eigenvalue weighted by molar-refractivity contribution is 0.355. The summed E-state index contributed by atoms with van der Waals surface area (Å²) in [5.74, 6) is 3.07. The summed E-state index contributed by atoms with van der Waals surface area (Å²) < 4.78 is 11.8. The maximum Gasteiger partial charge on any atom is 0.161 e. The van der Waals surface area contributed by atoms with Gasteiger partial charge in [-0.15, -0.1) is 33.3 Å². The predicted octanol–water partition coefficient (Wildman–Crippen LogP) is 5.22. The number of benzene rings is 1. The second kappa shape index (κ2) is 8.22. The Labute approximate surface area is 162 Å². The summed E-state index contributed by atoms with van der Waals surface area (Å²) in [6, 6.07) is 5.80. The Balaban J connectivity index is 2.02. The first-order valence-corrected chi connectivity index (χ1v) is 10.3. The second-order valence-electron chi connectivity index (χ2n) is 6.37. The third kappa shape index (κ3) is 3.94. The molecule has 0 fully saturated rings. The van der Waals surface area contributed by atoms with E-state index in [0.29, 0.717) is 17.4 Å². The van der Waals surface area contributed by atoms with Crippen molar-refractivity contribution >= 4 is 33.3 Å². The molecule has 0 aliphatic carbocycles. The molecule has 0 amide bonds. The van der Waals surface area contributed by atoms with Crippen LogP contribution in [0.2, 0.25) is 0 Å². The van der Waals surface area contributed by atoms with Crippen LogP contribution in [0.3, 0.4) is 0 Å². The number of hydrogen-bond donors (Lipinski definition) is 0. The number of rotatable bonds is 7. The molecule has 2 heterocycles. The molecule has 138 valence electrons. The van der Waals surface area contributed by atoms with E-state index in [-0.39, 0.29) is 0 Å². The van der Waals surface area contributed by atoms with Crippen molar-refractivity contribution in [3.63, 3.8) is 0 Å². The van der Waals surface area contributed by atoms with Crippen LogP contribution in [-0.2, 0) is 0 Å². The van der Waals surface area contributed by atoms with Crippen LogP contribution in [0.25, 0.3) is 21.5 Å². The molecule has 0 unspecified atom stereocenters. The second-order valence-corrected chi connectivity index (χ2v) is 8.65. The largest absolute Gasteiger partial charge is 0.493 e. The highest BCUT2D eigenvalue weighted by atomic mass is 32.2. The molecule has 0 aliphatic rings. The zero-order valence-electron chi connectivity index (χ0n) is 15.7. The highest BCUT2D eigenvalue weighted by Crippen LogP contribution is 2.38. The number of aryl methyl sites for hydroxylation is 1. The maximum atomic E-state index is 5.43. The summed E-state index contributed by atoms with van der Waals surface area (Å²) in [6.45, 7) is 6.48. The molecule has 0 aliphatic heterocycles. The quantitative estimate of drug-likeness (QED) is 0.517. The van der Waals surface area contributed by atoms with Gasteiger partial charge in [-0.25, -0.2) is 4.98 Å². The first kappa shape index (κ1) is 18.9. The Morgan fingerprint density at radius 1 is 1.12 bits per heavy atom. The SMILES string of the molecule is COc1ccc(-c2nnc(SCCC(C)C)c3nc(C)sc23)cc1OC. The van der Waals surface area contributed by atoms with Gasteiger partial charge in [0.2, 0.25) is 0 Å². The smallest absolute Gasteiger partial charge is 0.161 e. The minimum absolute atomic E-state index is 0.675. The van der Waals surface area contributed by atoms with Crippen molar-refractivity contribution in [1.29, 1.82) is 0 Å². The van der Waals surface area contributed by atoms with Crippen molar-refractivity contribution in [3.05, 3.63) is 23.2 Å². The summed E-state index contributed by atoms with van der Waals surface area (Å²) in [4.78, 5) is 4.71. The highest BCUT2D eigenvalue weighted by Gasteiger charge is 2.17. The normalized spacial score (nSPS) is 11.3. The fourth-order valence-corrected chi connectivity index (χ4v) is 4.74. The van der Waals surface area contributed by atoms with Crippen LogP contribution in [0.15, 0.2) is 23.2 Å². The van der Waals surface area contributed by atoms with E-state index in [1.807, 2.05) is 25.1 Å². The standard InChI is InChI=1S/C19H23N3O2S2/c1-11(2)8-9-25-19-17-18(26-12(3)20-17)16(21-22-19)13-6-7-14(23-4)15(10-13)24-5/h6-7,10-11H,8-9H2,1-5H3. The number of aromatic nitrogens is 3. The minimum atomic E-state index is 0.675. The number of fused-ring (bicyclic) bond motifs is 1. The maximum absolute atomic E-state index is 5.43. The van der Waals surface area contributed by atoms with E-state index in [1.54, 1.807) is 37.3 Å². The fourth-order valence-electron chi connectivity index (χ4n) is 2.58. The van der Waals surface area contributed by atoms with Gasteiger partial charge in [-0.1, -0.05) is 13.8 Å². The van der Waals surface area contributed by atoms with Crippen molar-refractivity contribution in [2.75, 3.05) is 20.0 Å². The van der Waals surface area contributed by atoms with E-state index >= 15 is 0 Å². The Hall–Kier alpha value is -1.86. The lowest BCUT2D eigenvalue weighted by atomic mass is 10.1. The van der Waals surface area contributed by atoms with Gasteiger partial charge >= 0.3 is 0 Å². The van der Waals surface area contributed by atoms with E-state index in [1.165, 1.54) is 0 Å². The zero-order valence-corrected chi connectivity index (χ0v) is 17.3. The van der Waals surface area contributed by atoms with Gasteiger partial charge in [-0.05, 0) is 43.2 Å². The number of nitrogens with zero attached hydrogens (tertiary/aromatic N) is 3. The van der Waals surface area contributed by atoms with Crippen LogP contribution in [0.4, 0.5) is 0 Å². The van der Waals surface area contributed by atoms with Gasteiger partial charge in [-0.2, -0.15) is 0 Å². The van der Waals surface area contributed by atoms with E-state index in [9.17, 15) is 0 Å². The van der Waals surface area contributed by atoms with Gasteiger partial charge in [0.15, 0.2) is 11.5 Å². The number of thioether (sulfide) groups is 1. The summed E-state index contributed by atoms with van der Waals surface area (Å²) in [7, 11) is 3.26. The summed E-state index contributed by atoms with van der Waals surface area (Å²) >= 11 is 3.39. The molecule has 0 bridgehead atoms. The topological polar surface area (TPSA) is 57.1 Å². The van der Waals surface area contributed by atoms with Crippen LogP contribution < -0.4 is 9.47 Å². The van der Waals surface area contributed by atoms with Crippen LogP contribution in [0, 0.1) is 12.8 Å². The van der Waals surface area contributed by atoms with Gasteiger partial charge in [0.05, 0.1) is 23.9 Å². The number of hydrogen-bond acceptors (Lipinski definition) is 7. The van der Waals surface area contributed by atoms with E-state index in [0.717, 1.165) is 43.7 Å². The van der Waals surface area contributed by atoms with Crippen LogP contribution >= 0.6 is 23.1 Å². The van der Waals surface area contributed by atoms with E-state index in [4.69, 9.17) is 14.5 Å². The molecule has 0 spiro atoms. The Kier molecular flexibility index (Phi) is 5.98. The molecule has 0 saturated heterocycles. The predicted molar refractivity (Wildman–Crippen MR) is 109 cm³/mol. The van der Waals surface area contributed by atoms with Gasteiger partial charge in [0.1, 0.15) is 16.2 Å². The molecule has 7 heteroatoms. The molecule has 5 nitrogen and oxygen atoms in total. The Bertz CT molecular complexity index is 909. The van der Waals surface area contributed by atoms with Gasteiger partial charge < -0.3 is 9.47 Å². The minimum Gasteiger partial charge on any atom is -0.493 e. The number of ether oxygens (including phenoxy) is 2. The average molecular weight is 390 g/mol. The van der Waals surface area contributed by atoms with Crippen molar-refractivity contribution in [2.45, 2.75) is 32.2 Å². The number of thiazole rings is 1. The lowest BCUT2D eigenvalue weighted by Gasteiger charge is -2.10. The summed E-state index contributed by atoms with van der Waals surface area (Å²) in [6.07, 6.45) is 1.15. The average Bonchev–Trinajstić information content (AvgIpc) is 3.02. The molecule has 0 radical (unpaired) electrons. The molecule has 0 saturated carbocycles. The monoisotopic (exact) mass is 389 g/mol. The molecular weight excluding hydrogens is 366 g/mol. The molecule has 0 atom stereocenters. The molecule has 2 aromatic heterocycles. The van der Waals surface area contributed by atoms with Crippen LogP contribution in [-0.4, -0.2) is 35.2 Å². The third-order valence-corrected chi connectivity index (χ3v) is 5.95. The van der Waals surface area contributed by atoms with Crippen LogP contribution in [0.5, 0.6) is 11.5 Å². The molecule has 0 N–H and O–H groups in total. The van der Waals surface area contributed by atoms with Crippen molar-refractivity contribution in [2.24, 2.45) is 5.92 Å². The number of methoxy groups -OCH3 is 2. The van der Waals surface area contributed by atoms with Gasteiger partial charge in [0, 0.05) is 5.56 Å². The zero-order chi connectivity index (χ0) is 18.7. The lowest BCUT2D eigenvalue weighted by Crippen LogP contribution is -1.96. The Morgan fingerprint density at radius 3 is 2.58 bits per heavy atom. The molecule has 3 aromatic rings. The van der Waals surface area contributed by atoms with Crippen molar-refractivity contribution in [3.8, 4) is 22.8 Å². The summed E-state index contributed by atoms with van der Waals surface area (Å²) in [5, 5.41) is 10.9. The first-order chi connectivity index (χ1) is 12.5. The molecule has 26 heavy (non-hydrogen) atoms. The Morgan fingerprint density at radius 2 is 1.88 bits per heavy atom.